The largest absolute Gasteiger partial charge is 0.493 e. The van der Waals surface area contributed by atoms with Gasteiger partial charge in [0.15, 0.2) is 21.3 Å². The number of hydrogen-bond donors (Lipinski definition) is 0. The van der Waals surface area contributed by atoms with Crippen molar-refractivity contribution in [2.24, 2.45) is 5.92 Å². The zero-order chi connectivity index (χ0) is 14.9. The molecule has 0 radical (unpaired) electrons. The van der Waals surface area contributed by atoms with E-state index in [0.717, 1.165) is 11.1 Å². The van der Waals surface area contributed by atoms with Gasteiger partial charge in [0.2, 0.25) is 0 Å². The molecule has 0 aromatic heterocycles. The molecule has 0 amide bonds. The van der Waals surface area contributed by atoms with Crippen LogP contribution in [-0.2, 0) is 9.84 Å². The van der Waals surface area contributed by atoms with Crippen LogP contribution < -0.4 is 9.47 Å². The fourth-order valence-corrected chi connectivity index (χ4v) is 5.63. The van der Waals surface area contributed by atoms with Crippen LogP contribution in [0.4, 0.5) is 0 Å². The smallest absolute Gasteiger partial charge is 0.161 e. The second-order valence-corrected chi connectivity index (χ2v) is 8.34. The molecule has 0 N–H and O–H groups in total. The molecule has 2 atom stereocenters. The quantitative estimate of drug-likeness (QED) is 0.772. The Kier molecular flexibility index (Phi) is 4.64. The number of sulfone groups is 1. The van der Waals surface area contributed by atoms with Crippen molar-refractivity contribution in [1.29, 1.82) is 0 Å². The predicted octanol–water partition coefficient (Wildman–Crippen LogP) is 2.88. The highest BCUT2D eigenvalue weighted by Gasteiger charge is 2.34. The summed E-state index contributed by atoms with van der Waals surface area (Å²) in [5, 5.41) is 0. The molecule has 2 unspecified atom stereocenters. The molecule has 4 nitrogen and oxygen atoms in total. The van der Waals surface area contributed by atoms with Gasteiger partial charge in [0, 0.05) is 4.83 Å². The second kappa shape index (κ2) is 5.93. The van der Waals surface area contributed by atoms with Gasteiger partial charge in [-0.1, -0.05) is 15.9 Å². The maximum absolute atomic E-state index is 11.6. The third kappa shape index (κ3) is 3.11. The summed E-state index contributed by atoms with van der Waals surface area (Å²) in [5.41, 5.74) is 2.12. The van der Waals surface area contributed by atoms with E-state index in [1.807, 2.05) is 19.1 Å². The van der Waals surface area contributed by atoms with Gasteiger partial charge in [-0.3, -0.25) is 0 Å². The Balaban J connectivity index is 2.33. The Bertz CT molecular complexity index is 597. The van der Waals surface area contributed by atoms with Gasteiger partial charge in [-0.15, -0.1) is 0 Å². The zero-order valence-corrected chi connectivity index (χ0v) is 14.3. The number of rotatable bonds is 4. The third-order valence-corrected chi connectivity index (χ3v) is 6.79. The number of benzene rings is 1. The lowest BCUT2D eigenvalue weighted by atomic mass is 9.95. The van der Waals surface area contributed by atoms with Gasteiger partial charge in [0.1, 0.15) is 0 Å². The number of halogens is 1. The molecule has 2 rings (SSSR count). The lowest BCUT2D eigenvalue weighted by Crippen LogP contribution is -2.11. The molecule has 20 heavy (non-hydrogen) atoms. The van der Waals surface area contributed by atoms with Crippen LogP contribution in [0.2, 0.25) is 0 Å². The maximum Gasteiger partial charge on any atom is 0.161 e. The summed E-state index contributed by atoms with van der Waals surface area (Å²) in [6, 6.07) is 3.85. The van der Waals surface area contributed by atoms with E-state index < -0.39 is 9.84 Å². The highest BCUT2D eigenvalue weighted by Crippen LogP contribution is 2.42. The average molecular weight is 363 g/mol. The molecule has 1 aliphatic rings. The molecule has 1 aromatic rings. The molecule has 0 aliphatic carbocycles. The van der Waals surface area contributed by atoms with E-state index in [0.29, 0.717) is 17.9 Å². The van der Waals surface area contributed by atoms with Gasteiger partial charge in [0.25, 0.3) is 0 Å². The number of methoxy groups -OCH3 is 2. The van der Waals surface area contributed by atoms with E-state index in [1.54, 1.807) is 14.2 Å². The van der Waals surface area contributed by atoms with Crippen molar-refractivity contribution < 1.29 is 17.9 Å². The molecule has 1 aliphatic heterocycles. The molecule has 112 valence electrons. The third-order valence-electron chi connectivity index (χ3n) is 3.75. The highest BCUT2D eigenvalue weighted by atomic mass is 79.9. The van der Waals surface area contributed by atoms with Gasteiger partial charge in [0.05, 0.1) is 25.7 Å². The van der Waals surface area contributed by atoms with Crippen molar-refractivity contribution in [2.75, 3.05) is 25.7 Å². The molecule has 1 saturated heterocycles. The van der Waals surface area contributed by atoms with E-state index >= 15 is 0 Å². The predicted molar refractivity (Wildman–Crippen MR) is 82.7 cm³/mol. The molecular formula is C14H19BrO4S. The molecule has 1 heterocycles. The second-order valence-electron chi connectivity index (χ2n) is 5.13. The summed E-state index contributed by atoms with van der Waals surface area (Å²) < 4.78 is 33.8. The number of alkyl halides is 1. The van der Waals surface area contributed by atoms with Crippen molar-refractivity contribution >= 4 is 25.8 Å². The lowest BCUT2D eigenvalue weighted by Gasteiger charge is -2.20. The molecule has 0 spiro atoms. The highest BCUT2D eigenvalue weighted by molar-refractivity contribution is 9.09. The van der Waals surface area contributed by atoms with Crippen LogP contribution in [0.3, 0.4) is 0 Å². The molecule has 1 fully saturated rings. The van der Waals surface area contributed by atoms with Crippen LogP contribution in [0.25, 0.3) is 0 Å². The summed E-state index contributed by atoms with van der Waals surface area (Å²) in [4.78, 5) is 0.0135. The number of aryl methyl sites for hydroxylation is 1. The first-order valence-corrected chi connectivity index (χ1v) is 9.18. The first kappa shape index (κ1) is 15.6. The van der Waals surface area contributed by atoms with Crippen molar-refractivity contribution in [2.45, 2.75) is 18.2 Å². The van der Waals surface area contributed by atoms with E-state index in [4.69, 9.17) is 9.47 Å². The molecule has 0 saturated carbocycles. The normalized spacial score (nSPS) is 22.5. The minimum atomic E-state index is -2.88. The fourth-order valence-electron chi connectivity index (χ4n) is 2.60. The first-order chi connectivity index (χ1) is 9.38. The molecule has 1 aromatic carbocycles. The van der Waals surface area contributed by atoms with Crippen molar-refractivity contribution in [3.05, 3.63) is 23.3 Å². The average Bonchev–Trinajstić information content (AvgIpc) is 2.78. The lowest BCUT2D eigenvalue weighted by molar-refractivity contribution is 0.354. The SMILES string of the molecule is COc1cc(C)c(C(Br)C2CCS(=O)(=O)C2)cc1OC. The summed E-state index contributed by atoms with van der Waals surface area (Å²) in [5.74, 6) is 1.99. The zero-order valence-electron chi connectivity index (χ0n) is 11.8. The van der Waals surface area contributed by atoms with Crippen molar-refractivity contribution in [1.82, 2.24) is 0 Å². The first-order valence-electron chi connectivity index (χ1n) is 6.45. The monoisotopic (exact) mass is 362 g/mol. The summed E-state index contributed by atoms with van der Waals surface area (Å²) in [6.45, 7) is 2.00. The van der Waals surface area contributed by atoms with Crippen molar-refractivity contribution in [3.8, 4) is 11.5 Å². The fraction of sp³-hybridized carbons (Fsp3) is 0.571. The van der Waals surface area contributed by atoms with Crippen LogP contribution >= 0.6 is 15.9 Å². The Morgan fingerprint density at radius 3 is 2.35 bits per heavy atom. The Morgan fingerprint density at radius 2 is 1.85 bits per heavy atom. The van der Waals surface area contributed by atoms with Gasteiger partial charge >= 0.3 is 0 Å². The Hall–Kier alpha value is -0.750. The van der Waals surface area contributed by atoms with Gasteiger partial charge in [-0.05, 0) is 42.5 Å². The summed E-state index contributed by atoms with van der Waals surface area (Å²) in [7, 11) is 0.325. The summed E-state index contributed by atoms with van der Waals surface area (Å²) >= 11 is 3.66. The maximum atomic E-state index is 11.6. The van der Waals surface area contributed by atoms with E-state index in [2.05, 4.69) is 15.9 Å². The van der Waals surface area contributed by atoms with E-state index in [1.165, 1.54) is 0 Å². The van der Waals surface area contributed by atoms with Crippen LogP contribution in [0.1, 0.15) is 22.4 Å². The minimum Gasteiger partial charge on any atom is -0.493 e. The Morgan fingerprint density at radius 1 is 1.25 bits per heavy atom. The number of hydrogen-bond acceptors (Lipinski definition) is 4. The topological polar surface area (TPSA) is 52.6 Å². The molecular weight excluding hydrogens is 344 g/mol. The van der Waals surface area contributed by atoms with Gasteiger partial charge in [-0.25, -0.2) is 8.42 Å². The Labute approximate surface area is 128 Å². The van der Waals surface area contributed by atoms with E-state index in [-0.39, 0.29) is 22.3 Å². The van der Waals surface area contributed by atoms with Gasteiger partial charge < -0.3 is 9.47 Å². The standard InChI is InChI=1S/C14H19BrO4S/c1-9-6-12(18-2)13(19-3)7-11(9)14(15)10-4-5-20(16,17)8-10/h6-7,10,14H,4-5,8H2,1-3H3. The minimum absolute atomic E-state index is 0.0135. The van der Waals surface area contributed by atoms with Crippen molar-refractivity contribution in [3.63, 3.8) is 0 Å². The van der Waals surface area contributed by atoms with E-state index in [9.17, 15) is 8.42 Å². The van der Waals surface area contributed by atoms with Crippen LogP contribution in [0.15, 0.2) is 12.1 Å². The van der Waals surface area contributed by atoms with Crippen LogP contribution in [0, 0.1) is 12.8 Å². The van der Waals surface area contributed by atoms with Gasteiger partial charge in [-0.2, -0.15) is 0 Å². The van der Waals surface area contributed by atoms with Crippen LogP contribution in [-0.4, -0.2) is 34.1 Å². The number of ether oxygens (including phenoxy) is 2. The summed E-state index contributed by atoms with van der Waals surface area (Å²) in [6.07, 6.45) is 0.700. The van der Waals surface area contributed by atoms with Crippen LogP contribution in [0.5, 0.6) is 11.5 Å². The molecule has 0 bridgehead atoms. The molecule has 6 heteroatoms.